The van der Waals surface area contributed by atoms with Crippen molar-refractivity contribution in [2.24, 2.45) is 45.8 Å². The van der Waals surface area contributed by atoms with E-state index < -0.39 is 0 Å². The molecule has 0 aromatic carbocycles. The molecule has 4 saturated carbocycles. The fraction of sp³-hybridized carbons (Fsp3) is 0.786. The van der Waals surface area contributed by atoms with Crippen LogP contribution in [0.3, 0.4) is 0 Å². The Labute approximate surface area is 192 Å². The second-order valence-corrected chi connectivity index (χ2v) is 13.3. The normalized spacial score (nSPS) is 49.5. The molecule has 4 fully saturated rings. The standard InChI is InChI=1S/C28H40O2S/c1-16-12-23(31-15-16)25(29)17(2)20-6-7-21-19-13-24(30-5)28-14-18(28)8-11-27(28,4)22(19)9-10-26(20,21)3/h6,12,15,17-19,21-22,24-25,29H,7-11,13-14H2,1-5H3/t17-,18+,19-,21-,22-,24+,25-,26+,27+,28-/m0/s1. The van der Waals surface area contributed by atoms with Gasteiger partial charge in [0.05, 0.1) is 12.2 Å². The van der Waals surface area contributed by atoms with Crippen LogP contribution < -0.4 is 0 Å². The second kappa shape index (κ2) is 6.70. The van der Waals surface area contributed by atoms with E-state index in [-0.39, 0.29) is 17.4 Å². The summed E-state index contributed by atoms with van der Waals surface area (Å²) in [5.41, 5.74) is 4.05. The molecule has 0 aliphatic heterocycles. The summed E-state index contributed by atoms with van der Waals surface area (Å²) in [5, 5.41) is 13.4. The van der Waals surface area contributed by atoms with E-state index in [0.717, 1.165) is 28.5 Å². The number of hydrogen-bond acceptors (Lipinski definition) is 3. The molecule has 1 aromatic heterocycles. The van der Waals surface area contributed by atoms with Crippen LogP contribution >= 0.6 is 11.3 Å². The van der Waals surface area contributed by atoms with Gasteiger partial charge in [0.2, 0.25) is 0 Å². The van der Waals surface area contributed by atoms with E-state index in [0.29, 0.717) is 16.9 Å². The predicted molar refractivity (Wildman–Crippen MR) is 127 cm³/mol. The van der Waals surface area contributed by atoms with Gasteiger partial charge in [-0.3, -0.25) is 0 Å². The molecule has 6 rings (SSSR count). The summed E-state index contributed by atoms with van der Waals surface area (Å²) in [6.07, 6.45) is 12.1. The lowest BCUT2D eigenvalue weighted by molar-refractivity contribution is -0.153. The third kappa shape index (κ3) is 2.52. The predicted octanol–water partition coefficient (Wildman–Crippen LogP) is 6.93. The number of allylic oxidation sites excluding steroid dienone is 1. The number of aliphatic hydroxyl groups excluding tert-OH is 1. The molecule has 0 bridgehead atoms. The van der Waals surface area contributed by atoms with E-state index in [1.54, 1.807) is 16.9 Å². The molecule has 10 atom stereocenters. The van der Waals surface area contributed by atoms with E-state index in [2.05, 4.69) is 45.2 Å². The number of ether oxygens (including phenoxy) is 1. The van der Waals surface area contributed by atoms with Crippen LogP contribution in [-0.4, -0.2) is 18.3 Å². The van der Waals surface area contributed by atoms with Crippen LogP contribution in [0.2, 0.25) is 0 Å². The molecule has 1 spiro atoms. The van der Waals surface area contributed by atoms with Crippen molar-refractivity contribution in [2.75, 3.05) is 7.11 Å². The Morgan fingerprint density at radius 1 is 1.19 bits per heavy atom. The highest BCUT2D eigenvalue weighted by atomic mass is 32.1. The van der Waals surface area contributed by atoms with Crippen LogP contribution in [0.25, 0.3) is 0 Å². The summed E-state index contributed by atoms with van der Waals surface area (Å²) < 4.78 is 6.26. The zero-order chi connectivity index (χ0) is 21.8. The molecule has 1 N–H and O–H groups in total. The fourth-order valence-electron chi connectivity index (χ4n) is 9.91. The maximum absolute atomic E-state index is 11.2. The zero-order valence-corrected chi connectivity index (χ0v) is 20.8. The molecule has 31 heavy (non-hydrogen) atoms. The van der Waals surface area contributed by atoms with Gasteiger partial charge in [0.15, 0.2) is 0 Å². The maximum Gasteiger partial charge on any atom is 0.0944 e. The highest BCUT2D eigenvalue weighted by molar-refractivity contribution is 7.10. The summed E-state index contributed by atoms with van der Waals surface area (Å²) >= 11 is 1.71. The minimum Gasteiger partial charge on any atom is -0.387 e. The van der Waals surface area contributed by atoms with Crippen LogP contribution in [0.5, 0.6) is 0 Å². The first-order chi connectivity index (χ1) is 14.8. The van der Waals surface area contributed by atoms with Crippen LogP contribution in [0.15, 0.2) is 23.1 Å². The Bertz CT molecular complexity index is 918. The Balaban J connectivity index is 1.29. The van der Waals surface area contributed by atoms with Gasteiger partial charge in [-0.1, -0.05) is 32.4 Å². The molecule has 3 heteroatoms. The van der Waals surface area contributed by atoms with Gasteiger partial charge >= 0.3 is 0 Å². The summed E-state index contributed by atoms with van der Waals surface area (Å²) in [6.45, 7) is 9.59. The van der Waals surface area contributed by atoms with Gasteiger partial charge in [-0.15, -0.1) is 11.3 Å². The Morgan fingerprint density at radius 3 is 2.68 bits per heavy atom. The third-order valence-corrected chi connectivity index (χ3v) is 12.6. The third-order valence-electron chi connectivity index (χ3n) is 11.5. The van der Waals surface area contributed by atoms with Gasteiger partial charge < -0.3 is 9.84 Å². The molecule has 0 radical (unpaired) electrons. The van der Waals surface area contributed by atoms with Crippen LogP contribution in [0.4, 0.5) is 0 Å². The first-order valence-corrected chi connectivity index (χ1v) is 13.6. The lowest BCUT2D eigenvalue weighted by atomic mass is 9.45. The summed E-state index contributed by atoms with van der Waals surface area (Å²) in [5.74, 6) is 3.52. The van der Waals surface area contributed by atoms with Crippen molar-refractivity contribution in [1.29, 1.82) is 0 Å². The van der Waals surface area contributed by atoms with Crippen molar-refractivity contribution in [1.82, 2.24) is 0 Å². The van der Waals surface area contributed by atoms with E-state index in [4.69, 9.17) is 4.74 Å². The van der Waals surface area contributed by atoms with Crippen molar-refractivity contribution >= 4 is 11.3 Å². The number of hydrogen-bond donors (Lipinski definition) is 1. The van der Waals surface area contributed by atoms with Crippen LogP contribution in [0.1, 0.15) is 82.3 Å². The van der Waals surface area contributed by atoms with Gasteiger partial charge in [0, 0.05) is 23.3 Å². The molecular weight excluding hydrogens is 400 g/mol. The van der Waals surface area contributed by atoms with Crippen molar-refractivity contribution in [3.8, 4) is 0 Å². The smallest absolute Gasteiger partial charge is 0.0944 e. The van der Waals surface area contributed by atoms with E-state index in [1.165, 1.54) is 50.5 Å². The van der Waals surface area contributed by atoms with Crippen LogP contribution in [0, 0.1) is 52.8 Å². The van der Waals surface area contributed by atoms with Crippen LogP contribution in [-0.2, 0) is 4.74 Å². The SMILES string of the molecule is CO[C@@H]1C[C@H]2[C@@H]3CC=C([C@H](C)[C@H](O)c4cc(C)cs4)[C@@]3(C)CC[C@@H]2[C@@]2(C)CC[C@@H]3C[C@]312. The van der Waals surface area contributed by atoms with Crippen molar-refractivity contribution in [3.05, 3.63) is 33.5 Å². The lowest BCUT2D eigenvalue weighted by Crippen LogP contribution is -2.56. The molecule has 0 amide bonds. The van der Waals surface area contributed by atoms with Gasteiger partial charge in [0.25, 0.3) is 0 Å². The number of aryl methyl sites for hydroxylation is 1. The fourth-order valence-corrected chi connectivity index (χ4v) is 10.9. The van der Waals surface area contributed by atoms with Gasteiger partial charge in [-0.25, -0.2) is 0 Å². The van der Waals surface area contributed by atoms with E-state index in [1.807, 2.05) is 7.11 Å². The molecule has 2 nitrogen and oxygen atoms in total. The highest BCUT2D eigenvalue weighted by Gasteiger charge is 2.77. The second-order valence-electron chi connectivity index (χ2n) is 12.3. The average molecular weight is 441 g/mol. The first-order valence-electron chi connectivity index (χ1n) is 12.7. The monoisotopic (exact) mass is 440 g/mol. The minimum atomic E-state index is -0.376. The first kappa shape index (κ1) is 20.9. The Hall–Kier alpha value is -0.640. The molecule has 5 aliphatic carbocycles. The quantitative estimate of drug-likeness (QED) is 0.514. The van der Waals surface area contributed by atoms with Crippen molar-refractivity contribution in [2.45, 2.75) is 84.8 Å². The zero-order valence-electron chi connectivity index (χ0n) is 20.0. The molecule has 170 valence electrons. The minimum absolute atomic E-state index is 0.202. The molecule has 1 heterocycles. The number of aliphatic hydroxyl groups is 1. The number of rotatable bonds is 4. The van der Waals surface area contributed by atoms with Crippen molar-refractivity contribution < 1.29 is 9.84 Å². The Kier molecular flexibility index (Phi) is 4.52. The van der Waals surface area contributed by atoms with Gasteiger partial charge in [-0.05, 0) is 103 Å². The topological polar surface area (TPSA) is 29.5 Å². The number of thiophene rings is 1. The molecule has 5 aliphatic rings. The maximum atomic E-state index is 11.2. The van der Waals surface area contributed by atoms with E-state index in [9.17, 15) is 5.11 Å². The molecule has 0 saturated heterocycles. The largest absolute Gasteiger partial charge is 0.387 e. The molecule has 0 unspecified atom stereocenters. The van der Waals surface area contributed by atoms with Crippen molar-refractivity contribution in [3.63, 3.8) is 0 Å². The number of methoxy groups -OCH3 is 1. The molecular formula is C28H40O2S. The average Bonchev–Trinajstić information content (AvgIpc) is 3.00. The lowest BCUT2D eigenvalue weighted by Gasteiger charge is -2.60. The summed E-state index contributed by atoms with van der Waals surface area (Å²) in [4.78, 5) is 1.13. The van der Waals surface area contributed by atoms with Gasteiger partial charge in [-0.2, -0.15) is 0 Å². The number of fused-ring (bicyclic) bond motifs is 4. The highest BCUT2D eigenvalue weighted by Crippen LogP contribution is 2.82. The Morgan fingerprint density at radius 2 is 2.00 bits per heavy atom. The van der Waals surface area contributed by atoms with E-state index >= 15 is 0 Å². The summed E-state index contributed by atoms with van der Waals surface area (Å²) in [6, 6.07) is 2.18. The molecule has 1 aromatic rings. The van der Waals surface area contributed by atoms with Gasteiger partial charge in [0.1, 0.15) is 0 Å². The summed E-state index contributed by atoms with van der Waals surface area (Å²) in [7, 11) is 1.98.